The van der Waals surface area contributed by atoms with Crippen LogP contribution in [0.1, 0.15) is 50.8 Å². The molecule has 0 saturated carbocycles. The summed E-state index contributed by atoms with van der Waals surface area (Å²) >= 11 is 0. The van der Waals surface area contributed by atoms with E-state index in [0.29, 0.717) is 30.3 Å². The summed E-state index contributed by atoms with van der Waals surface area (Å²) in [7, 11) is 0. The minimum atomic E-state index is -0.412. The Balaban J connectivity index is 2.17. The number of hydrogen-bond donors (Lipinski definition) is 1. The summed E-state index contributed by atoms with van der Waals surface area (Å²) in [6, 6.07) is 16.8. The van der Waals surface area contributed by atoms with Gasteiger partial charge in [-0.2, -0.15) is 5.26 Å². The third-order valence-electron chi connectivity index (χ3n) is 4.35. The van der Waals surface area contributed by atoms with Crippen LogP contribution in [0, 0.1) is 11.3 Å². The molecule has 0 unspecified atom stereocenters. The van der Waals surface area contributed by atoms with Crippen LogP contribution in [0.5, 0.6) is 11.5 Å². The van der Waals surface area contributed by atoms with E-state index in [-0.39, 0.29) is 11.6 Å². The predicted octanol–water partition coefficient (Wildman–Crippen LogP) is 5.05. The lowest BCUT2D eigenvalue weighted by Crippen LogP contribution is -2.27. The average molecular weight is 392 g/mol. The Morgan fingerprint density at radius 3 is 2.55 bits per heavy atom. The van der Waals surface area contributed by atoms with E-state index in [1.165, 1.54) is 0 Å². The van der Waals surface area contributed by atoms with Crippen molar-refractivity contribution in [3.8, 4) is 17.6 Å². The highest BCUT2D eigenvalue weighted by atomic mass is 16.5. The van der Waals surface area contributed by atoms with Crippen LogP contribution in [-0.2, 0) is 4.79 Å². The van der Waals surface area contributed by atoms with E-state index in [4.69, 9.17) is 9.47 Å². The first kappa shape index (κ1) is 22.0. The van der Waals surface area contributed by atoms with E-state index in [2.05, 4.69) is 12.2 Å². The minimum Gasteiger partial charge on any atom is -0.490 e. The van der Waals surface area contributed by atoms with Crippen molar-refractivity contribution >= 4 is 12.0 Å². The normalized spacial score (nSPS) is 12.0. The standard InChI is InChI=1S/C24H28N2O3/c1-4-6-14-29-22-13-12-19(16-23(22)28-5-2)15-21(17-25)24(27)26-18(3)20-10-8-7-9-11-20/h7-13,15-16,18H,4-6,14H2,1-3H3,(H,26,27)/b21-15+/t18-/m1/s1. The van der Waals surface area contributed by atoms with Crippen molar-refractivity contribution in [2.75, 3.05) is 13.2 Å². The maximum Gasteiger partial charge on any atom is 0.262 e. The van der Waals surface area contributed by atoms with E-state index >= 15 is 0 Å². The molecule has 0 aliphatic heterocycles. The Bertz CT molecular complexity index is 869. The zero-order chi connectivity index (χ0) is 21.1. The van der Waals surface area contributed by atoms with E-state index in [1.54, 1.807) is 12.1 Å². The topological polar surface area (TPSA) is 71.3 Å². The summed E-state index contributed by atoms with van der Waals surface area (Å²) in [5.41, 5.74) is 1.72. The first-order valence-corrected chi connectivity index (χ1v) is 9.96. The second-order valence-electron chi connectivity index (χ2n) is 6.62. The van der Waals surface area contributed by atoms with Crippen LogP contribution >= 0.6 is 0 Å². The predicted molar refractivity (Wildman–Crippen MR) is 115 cm³/mol. The molecule has 0 saturated heterocycles. The highest BCUT2D eigenvalue weighted by Gasteiger charge is 2.14. The Morgan fingerprint density at radius 2 is 1.90 bits per heavy atom. The molecule has 0 fully saturated rings. The number of nitriles is 1. The molecule has 5 nitrogen and oxygen atoms in total. The molecule has 152 valence electrons. The molecule has 0 aliphatic carbocycles. The fraction of sp³-hybridized carbons (Fsp3) is 0.333. The second kappa shape index (κ2) is 11.6. The molecule has 0 heterocycles. The number of carbonyl (C=O) groups is 1. The average Bonchev–Trinajstić information content (AvgIpc) is 2.74. The molecule has 1 amide bonds. The number of ether oxygens (including phenoxy) is 2. The second-order valence-corrected chi connectivity index (χ2v) is 6.62. The van der Waals surface area contributed by atoms with E-state index in [1.807, 2.05) is 62.4 Å². The Hall–Kier alpha value is -3.26. The summed E-state index contributed by atoms with van der Waals surface area (Å²) < 4.78 is 11.4. The fourth-order valence-electron chi connectivity index (χ4n) is 2.74. The van der Waals surface area contributed by atoms with Crippen molar-refractivity contribution in [3.05, 3.63) is 65.2 Å². The van der Waals surface area contributed by atoms with Gasteiger partial charge in [0.25, 0.3) is 5.91 Å². The highest BCUT2D eigenvalue weighted by Crippen LogP contribution is 2.29. The summed E-state index contributed by atoms with van der Waals surface area (Å²) in [6.45, 7) is 7.01. The number of carbonyl (C=O) groups excluding carboxylic acids is 1. The molecule has 0 aliphatic rings. The van der Waals surface area contributed by atoms with Gasteiger partial charge < -0.3 is 14.8 Å². The van der Waals surface area contributed by atoms with Gasteiger partial charge in [-0.05, 0) is 49.6 Å². The van der Waals surface area contributed by atoms with Crippen molar-refractivity contribution < 1.29 is 14.3 Å². The van der Waals surface area contributed by atoms with Gasteiger partial charge in [0.1, 0.15) is 11.6 Å². The zero-order valence-electron chi connectivity index (χ0n) is 17.3. The van der Waals surface area contributed by atoms with Crippen molar-refractivity contribution in [2.45, 2.75) is 39.7 Å². The smallest absolute Gasteiger partial charge is 0.262 e. The third kappa shape index (κ3) is 6.69. The number of rotatable bonds is 10. The lowest BCUT2D eigenvalue weighted by atomic mass is 10.1. The molecule has 2 aromatic carbocycles. The molecule has 1 N–H and O–H groups in total. The summed E-state index contributed by atoms with van der Waals surface area (Å²) in [5, 5.41) is 12.3. The number of hydrogen-bond acceptors (Lipinski definition) is 4. The van der Waals surface area contributed by atoms with E-state index < -0.39 is 5.91 Å². The van der Waals surface area contributed by atoms with Gasteiger partial charge in [-0.25, -0.2) is 0 Å². The summed E-state index contributed by atoms with van der Waals surface area (Å²) in [4.78, 5) is 12.6. The van der Waals surface area contributed by atoms with Crippen LogP contribution in [0.25, 0.3) is 6.08 Å². The summed E-state index contributed by atoms with van der Waals surface area (Å²) in [5.74, 6) is 0.857. The summed E-state index contributed by atoms with van der Waals surface area (Å²) in [6.07, 6.45) is 3.57. The van der Waals surface area contributed by atoms with Gasteiger partial charge in [0.2, 0.25) is 0 Å². The first-order chi connectivity index (χ1) is 14.1. The van der Waals surface area contributed by atoms with E-state index in [9.17, 15) is 10.1 Å². The number of unbranched alkanes of at least 4 members (excludes halogenated alkanes) is 1. The lowest BCUT2D eigenvalue weighted by molar-refractivity contribution is -0.117. The number of benzene rings is 2. The van der Waals surface area contributed by atoms with Gasteiger partial charge in [0.15, 0.2) is 11.5 Å². The Morgan fingerprint density at radius 1 is 1.14 bits per heavy atom. The van der Waals surface area contributed by atoms with Gasteiger partial charge in [-0.3, -0.25) is 4.79 Å². The van der Waals surface area contributed by atoms with Crippen LogP contribution in [0.3, 0.4) is 0 Å². The molecular weight excluding hydrogens is 364 g/mol. The van der Waals surface area contributed by atoms with Gasteiger partial charge >= 0.3 is 0 Å². The molecular formula is C24H28N2O3. The maximum absolute atomic E-state index is 12.6. The Labute approximate surface area is 173 Å². The monoisotopic (exact) mass is 392 g/mol. The van der Waals surface area contributed by atoms with Gasteiger partial charge in [-0.15, -0.1) is 0 Å². The van der Waals surface area contributed by atoms with Crippen LogP contribution in [0.4, 0.5) is 0 Å². The van der Waals surface area contributed by atoms with Crippen molar-refractivity contribution in [1.29, 1.82) is 5.26 Å². The van der Waals surface area contributed by atoms with Gasteiger partial charge in [0.05, 0.1) is 19.3 Å². The molecule has 1 atom stereocenters. The number of nitrogens with one attached hydrogen (secondary N) is 1. The molecule has 2 rings (SSSR count). The van der Waals surface area contributed by atoms with Gasteiger partial charge in [-0.1, -0.05) is 49.7 Å². The SMILES string of the molecule is CCCCOc1ccc(/C=C(\C#N)C(=O)N[C@H](C)c2ccccc2)cc1OCC. The van der Waals surface area contributed by atoms with Crippen LogP contribution in [0.15, 0.2) is 54.1 Å². The van der Waals surface area contributed by atoms with E-state index in [0.717, 1.165) is 18.4 Å². The molecule has 0 spiro atoms. The number of amides is 1. The molecule has 0 aromatic heterocycles. The van der Waals surface area contributed by atoms with Crippen molar-refractivity contribution in [1.82, 2.24) is 5.32 Å². The molecule has 0 bridgehead atoms. The maximum atomic E-state index is 12.6. The van der Waals surface area contributed by atoms with Crippen LogP contribution in [-0.4, -0.2) is 19.1 Å². The van der Waals surface area contributed by atoms with Crippen molar-refractivity contribution in [3.63, 3.8) is 0 Å². The lowest BCUT2D eigenvalue weighted by Gasteiger charge is -2.14. The highest BCUT2D eigenvalue weighted by molar-refractivity contribution is 6.01. The molecule has 2 aromatic rings. The quantitative estimate of drug-likeness (QED) is 0.349. The number of nitrogens with zero attached hydrogens (tertiary/aromatic N) is 1. The minimum absolute atomic E-state index is 0.0369. The molecule has 5 heteroatoms. The largest absolute Gasteiger partial charge is 0.490 e. The van der Waals surface area contributed by atoms with Crippen molar-refractivity contribution in [2.24, 2.45) is 0 Å². The van der Waals surface area contributed by atoms with Gasteiger partial charge in [0, 0.05) is 0 Å². The fourth-order valence-corrected chi connectivity index (χ4v) is 2.74. The Kier molecular flexibility index (Phi) is 8.78. The molecule has 0 radical (unpaired) electrons. The third-order valence-corrected chi connectivity index (χ3v) is 4.35. The van der Waals surface area contributed by atoms with Crippen LogP contribution in [0.2, 0.25) is 0 Å². The molecule has 29 heavy (non-hydrogen) atoms. The first-order valence-electron chi connectivity index (χ1n) is 9.96. The zero-order valence-corrected chi connectivity index (χ0v) is 17.3. The van der Waals surface area contributed by atoms with Crippen LogP contribution < -0.4 is 14.8 Å².